The fourth-order valence-electron chi connectivity index (χ4n) is 2.30. The third kappa shape index (κ3) is 3.12. The molecule has 0 atom stereocenters. The van der Waals surface area contributed by atoms with Crippen LogP contribution in [0, 0.1) is 0 Å². The molecule has 1 aliphatic heterocycles. The summed E-state index contributed by atoms with van der Waals surface area (Å²) in [7, 11) is 0. The Labute approximate surface area is 113 Å². The van der Waals surface area contributed by atoms with Crippen molar-refractivity contribution in [1.82, 2.24) is 10.3 Å². The average molecular weight is 253 g/mol. The number of pyridine rings is 1. The van der Waals surface area contributed by atoms with E-state index < -0.39 is 0 Å². The van der Waals surface area contributed by atoms with Gasteiger partial charge in [-0.05, 0) is 42.2 Å². The second kappa shape index (κ2) is 5.85. The van der Waals surface area contributed by atoms with E-state index in [1.54, 1.807) is 6.20 Å². The number of nitrogens with zero attached hydrogens (tertiary/aromatic N) is 2. The summed E-state index contributed by atoms with van der Waals surface area (Å²) in [5.74, 6) is 0.944. The molecule has 1 radical (unpaired) electrons. The lowest BCUT2D eigenvalue weighted by Crippen LogP contribution is -2.30. The molecule has 3 heteroatoms. The first-order valence-corrected chi connectivity index (χ1v) is 6.72. The van der Waals surface area contributed by atoms with Crippen LogP contribution in [0.1, 0.15) is 12.8 Å². The predicted molar refractivity (Wildman–Crippen MR) is 75.2 cm³/mol. The van der Waals surface area contributed by atoms with Crippen molar-refractivity contribution in [3.05, 3.63) is 48.8 Å². The van der Waals surface area contributed by atoms with Gasteiger partial charge in [-0.3, -0.25) is 4.98 Å². The molecule has 1 aromatic carbocycles. The SMILES string of the molecule is c1cncc(-c2ccc(OC3CC[N]CC3)cc2)c1. The van der Waals surface area contributed by atoms with Gasteiger partial charge in [0.1, 0.15) is 11.9 Å². The molecule has 3 nitrogen and oxygen atoms in total. The lowest BCUT2D eigenvalue weighted by molar-refractivity contribution is 0.161. The molecule has 0 unspecified atom stereocenters. The second-order valence-corrected chi connectivity index (χ2v) is 4.75. The van der Waals surface area contributed by atoms with E-state index in [1.807, 2.05) is 24.4 Å². The van der Waals surface area contributed by atoms with Gasteiger partial charge in [-0.25, -0.2) is 5.32 Å². The number of aromatic nitrogens is 1. The number of ether oxygens (including phenoxy) is 1. The lowest BCUT2D eigenvalue weighted by atomic mass is 10.1. The van der Waals surface area contributed by atoms with Gasteiger partial charge < -0.3 is 4.74 Å². The summed E-state index contributed by atoms with van der Waals surface area (Å²) >= 11 is 0. The summed E-state index contributed by atoms with van der Waals surface area (Å²) in [6.45, 7) is 1.86. The highest BCUT2D eigenvalue weighted by Gasteiger charge is 2.14. The van der Waals surface area contributed by atoms with Crippen molar-refractivity contribution in [2.45, 2.75) is 18.9 Å². The summed E-state index contributed by atoms with van der Waals surface area (Å²) in [5, 5.41) is 4.34. The van der Waals surface area contributed by atoms with Gasteiger partial charge >= 0.3 is 0 Å². The quantitative estimate of drug-likeness (QED) is 0.843. The van der Waals surface area contributed by atoms with Crippen LogP contribution in [0.2, 0.25) is 0 Å². The summed E-state index contributed by atoms with van der Waals surface area (Å²) in [6.07, 6.45) is 6.05. The van der Waals surface area contributed by atoms with Crippen molar-refractivity contribution in [2.75, 3.05) is 13.1 Å². The standard InChI is InChI=1S/C16H17N2O/c1-2-14(12-18-9-1)13-3-5-15(6-4-13)19-16-7-10-17-11-8-16/h1-6,9,12,16H,7-8,10-11H2. The van der Waals surface area contributed by atoms with Gasteiger partial charge in [0.2, 0.25) is 0 Å². The van der Waals surface area contributed by atoms with Gasteiger partial charge in [-0.1, -0.05) is 18.2 Å². The van der Waals surface area contributed by atoms with Crippen molar-refractivity contribution in [2.24, 2.45) is 0 Å². The van der Waals surface area contributed by atoms with Crippen LogP contribution in [0.25, 0.3) is 11.1 Å². The minimum Gasteiger partial charge on any atom is -0.490 e. The number of benzene rings is 1. The maximum absolute atomic E-state index is 5.97. The third-order valence-electron chi connectivity index (χ3n) is 3.37. The maximum Gasteiger partial charge on any atom is 0.119 e. The van der Waals surface area contributed by atoms with Gasteiger partial charge in [-0.2, -0.15) is 0 Å². The van der Waals surface area contributed by atoms with Crippen LogP contribution in [0.5, 0.6) is 5.75 Å². The molecule has 2 aromatic rings. The minimum absolute atomic E-state index is 0.321. The van der Waals surface area contributed by atoms with Crippen LogP contribution in [0.3, 0.4) is 0 Å². The average Bonchev–Trinajstić information content (AvgIpc) is 2.50. The van der Waals surface area contributed by atoms with Gasteiger partial charge in [0, 0.05) is 25.5 Å². The highest BCUT2D eigenvalue weighted by molar-refractivity contribution is 5.62. The fourth-order valence-corrected chi connectivity index (χ4v) is 2.30. The van der Waals surface area contributed by atoms with Gasteiger partial charge in [0.15, 0.2) is 0 Å². The van der Waals surface area contributed by atoms with Gasteiger partial charge in [0.05, 0.1) is 0 Å². The van der Waals surface area contributed by atoms with Crippen molar-refractivity contribution >= 4 is 0 Å². The Morgan fingerprint density at radius 3 is 2.42 bits per heavy atom. The monoisotopic (exact) mass is 253 g/mol. The minimum atomic E-state index is 0.321. The molecule has 97 valence electrons. The zero-order valence-corrected chi connectivity index (χ0v) is 10.8. The lowest BCUT2D eigenvalue weighted by Gasteiger charge is -2.22. The predicted octanol–water partition coefficient (Wildman–Crippen LogP) is 2.89. The summed E-state index contributed by atoms with van der Waals surface area (Å²) < 4.78 is 5.97. The number of piperidine rings is 1. The van der Waals surface area contributed by atoms with Crippen molar-refractivity contribution in [1.29, 1.82) is 0 Å². The summed E-state index contributed by atoms with van der Waals surface area (Å²) in [6, 6.07) is 12.2. The van der Waals surface area contributed by atoms with E-state index in [1.165, 1.54) is 5.56 Å². The zero-order chi connectivity index (χ0) is 12.9. The molecule has 1 saturated heterocycles. The van der Waals surface area contributed by atoms with Crippen molar-refractivity contribution in [3.63, 3.8) is 0 Å². The van der Waals surface area contributed by atoms with Gasteiger partial charge in [0.25, 0.3) is 0 Å². The van der Waals surface area contributed by atoms with E-state index in [4.69, 9.17) is 4.74 Å². The van der Waals surface area contributed by atoms with Crippen LogP contribution in [0.15, 0.2) is 48.8 Å². The molecule has 3 rings (SSSR count). The van der Waals surface area contributed by atoms with Crippen molar-refractivity contribution < 1.29 is 4.74 Å². The molecule has 0 amide bonds. The summed E-state index contributed by atoms with van der Waals surface area (Å²) in [5.41, 5.74) is 2.30. The number of hydrogen-bond acceptors (Lipinski definition) is 2. The molecule has 0 spiro atoms. The second-order valence-electron chi connectivity index (χ2n) is 4.75. The Bertz CT molecular complexity index is 504. The maximum atomic E-state index is 5.97. The smallest absolute Gasteiger partial charge is 0.119 e. The van der Waals surface area contributed by atoms with Gasteiger partial charge in [-0.15, -0.1) is 0 Å². The molecule has 0 aliphatic carbocycles. The molecule has 1 aliphatic rings. The molecule has 0 saturated carbocycles. The van der Waals surface area contributed by atoms with Crippen LogP contribution in [-0.4, -0.2) is 24.2 Å². The van der Waals surface area contributed by atoms with Crippen molar-refractivity contribution in [3.8, 4) is 16.9 Å². The Balaban J connectivity index is 1.68. The first-order valence-electron chi connectivity index (χ1n) is 6.72. The Kier molecular flexibility index (Phi) is 3.75. The number of hydrogen-bond donors (Lipinski definition) is 0. The van der Waals surface area contributed by atoms with Crippen LogP contribution in [0.4, 0.5) is 0 Å². The zero-order valence-electron chi connectivity index (χ0n) is 10.8. The number of rotatable bonds is 3. The third-order valence-corrected chi connectivity index (χ3v) is 3.37. The highest BCUT2D eigenvalue weighted by Crippen LogP contribution is 2.23. The van der Waals surface area contributed by atoms with Crippen LogP contribution < -0.4 is 10.1 Å². The molecule has 2 heterocycles. The largest absolute Gasteiger partial charge is 0.490 e. The summed E-state index contributed by atoms with van der Waals surface area (Å²) in [4.78, 5) is 4.14. The van der Waals surface area contributed by atoms with E-state index >= 15 is 0 Å². The molecule has 1 aromatic heterocycles. The fraction of sp³-hybridized carbons (Fsp3) is 0.312. The Morgan fingerprint density at radius 2 is 1.74 bits per heavy atom. The highest BCUT2D eigenvalue weighted by atomic mass is 16.5. The van der Waals surface area contributed by atoms with E-state index in [0.29, 0.717) is 6.10 Å². The normalized spacial score (nSPS) is 16.2. The first kappa shape index (κ1) is 12.2. The van der Waals surface area contributed by atoms with E-state index in [-0.39, 0.29) is 0 Å². The molecule has 19 heavy (non-hydrogen) atoms. The van der Waals surface area contributed by atoms with E-state index in [9.17, 15) is 0 Å². The molecule has 0 bridgehead atoms. The first-order chi connectivity index (χ1) is 9.42. The topological polar surface area (TPSA) is 36.2 Å². The molecule has 0 N–H and O–H groups in total. The van der Waals surface area contributed by atoms with Crippen LogP contribution in [-0.2, 0) is 0 Å². The van der Waals surface area contributed by atoms with E-state index in [0.717, 1.165) is 37.2 Å². The molecule has 1 fully saturated rings. The molecular formula is C16H17N2O. The molecular weight excluding hydrogens is 236 g/mol. The van der Waals surface area contributed by atoms with E-state index in [2.05, 4.69) is 28.5 Å². The Morgan fingerprint density at radius 1 is 0.947 bits per heavy atom. The Hall–Kier alpha value is -1.87. The van der Waals surface area contributed by atoms with Crippen LogP contribution >= 0.6 is 0 Å².